The molecule has 0 fully saturated rings. The first-order chi connectivity index (χ1) is 4.26. The Kier molecular flexibility index (Phi) is 3.38. The second kappa shape index (κ2) is 3.85. The Morgan fingerprint density at radius 1 is 1.00 bits per heavy atom. The van der Waals surface area contributed by atoms with Crippen LogP contribution in [0, 0.1) is 39.9 Å². The zero-order valence-corrected chi connectivity index (χ0v) is 6.12. The molecule has 44 valence electrons. The van der Waals surface area contributed by atoms with Gasteiger partial charge in [0.25, 0.3) is 0 Å². The minimum absolute atomic E-state index is 0.458. The van der Waals surface area contributed by atoms with Gasteiger partial charge < -0.3 is 0 Å². The van der Waals surface area contributed by atoms with Crippen molar-refractivity contribution in [3.8, 4) is 18.2 Å². The average Bonchev–Trinajstić information content (AvgIpc) is 1.90. The van der Waals surface area contributed by atoms with E-state index in [1.807, 2.05) is 6.07 Å². The minimum Gasteiger partial charge on any atom is -0.197 e. The molecule has 0 N–H and O–H groups in total. The Morgan fingerprint density at radius 3 is 1.56 bits per heavy atom. The largest absolute Gasteiger partial charge is 0.197 e. The zero-order chi connectivity index (χ0) is 7.28. The molecule has 0 saturated heterocycles. The van der Waals surface area contributed by atoms with E-state index >= 15 is 0 Å². The molecule has 0 heterocycles. The Hall–Kier alpha value is -1.10. The fourth-order valence-corrected chi connectivity index (χ4v) is 0.494. The Bertz CT molecular complexity index is 190. The lowest BCUT2D eigenvalue weighted by molar-refractivity contribution is 0.890. The highest BCUT2D eigenvalue weighted by Crippen LogP contribution is 2.09. The molecule has 0 radical (unpaired) electrons. The molecule has 0 aliphatic rings. The molecule has 0 aliphatic carbocycles. The van der Waals surface area contributed by atoms with Crippen LogP contribution in [0.3, 0.4) is 0 Å². The SMILES string of the molecule is N#CC([PH3+])C(C#N)C#N. The van der Waals surface area contributed by atoms with Crippen LogP contribution in [0.1, 0.15) is 0 Å². The topological polar surface area (TPSA) is 71.4 Å². The normalized spacial score (nSPS) is 11.3. The Labute approximate surface area is 55.7 Å². The number of rotatable bonds is 1. The predicted molar refractivity (Wildman–Crippen MR) is 35.2 cm³/mol. The molecule has 9 heavy (non-hydrogen) atoms. The molecular weight excluding hydrogens is 133 g/mol. The van der Waals surface area contributed by atoms with Gasteiger partial charge in [-0.15, -0.1) is 0 Å². The summed E-state index contributed by atoms with van der Waals surface area (Å²) < 4.78 is 0. The monoisotopic (exact) mass is 138 g/mol. The summed E-state index contributed by atoms with van der Waals surface area (Å²) >= 11 is 0. The maximum atomic E-state index is 8.22. The highest BCUT2D eigenvalue weighted by Gasteiger charge is 2.18. The summed E-state index contributed by atoms with van der Waals surface area (Å²) in [4.78, 5) is 0. The number of hydrogen-bond acceptors (Lipinski definition) is 3. The van der Waals surface area contributed by atoms with Gasteiger partial charge in [-0.2, -0.15) is 15.8 Å². The van der Waals surface area contributed by atoms with E-state index in [4.69, 9.17) is 15.8 Å². The zero-order valence-electron chi connectivity index (χ0n) is 4.70. The standard InChI is InChI=1S/C5H4N3P/c6-1-4(2-7)5(9)3-8/h4-5H,9H2/p+1. The van der Waals surface area contributed by atoms with Gasteiger partial charge >= 0.3 is 0 Å². The van der Waals surface area contributed by atoms with Crippen LogP contribution in [0.5, 0.6) is 0 Å². The molecule has 3 nitrogen and oxygen atoms in total. The third kappa shape index (κ3) is 2.09. The lowest BCUT2D eigenvalue weighted by Gasteiger charge is -1.91. The summed E-state index contributed by atoms with van der Waals surface area (Å²) in [6.45, 7) is 0. The molecule has 0 spiro atoms. The van der Waals surface area contributed by atoms with Gasteiger partial charge in [0.2, 0.25) is 0 Å². The fraction of sp³-hybridized carbons (Fsp3) is 0.400. The lowest BCUT2D eigenvalue weighted by Crippen LogP contribution is -2.06. The van der Waals surface area contributed by atoms with Crippen molar-refractivity contribution in [3.63, 3.8) is 0 Å². The Balaban J connectivity index is 4.08. The van der Waals surface area contributed by atoms with Crippen molar-refractivity contribution in [2.45, 2.75) is 5.66 Å². The highest BCUT2D eigenvalue weighted by molar-refractivity contribution is 7.18. The molecule has 0 saturated carbocycles. The van der Waals surface area contributed by atoms with Crippen molar-refractivity contribution in [2.24, 2.45) is 5.92 Å². The van der Waals surface area contributed by atoms with Gasteiger partial charge in [0.05, 0.1) is 12.1 Å². The molecule has 0 rings (SSSR count). The molecule has 2 unspecified atom stereocenters. The first-order valence-electron chi connectivity index (χ1n) is 2.28. The van der Waals surface area contributed by atoms with Crippen molar-refractivity contribution in [1.29, 1.82) is 15.8 Å². The molecule has 2 atom stereocenters. The van der Waals surface area contributed by atoms with E-state index in [-0.39, 0.29) is 0 Å². The van der Waals surface area contributed by atoms with Gasteiger partial charge in [0, 0.05) is 0 Å². The van der Waals surface area contributed by atoms with Gasteiger partial charge in [-0.3, -0.25) is 0 Å². The van der Waals surface area contributed by atoms with Gasteiger partial charge in [-0.25, -0.2) is 0 Å². The predicted octanol–water partition coefficient (Wildman–Crippen LogP) is 0.149. The second-order valence-electron chi connectivity index (χ2n) is 1.47. The van der Waals surface area contributed by atoms with Gasteiger partial charge in [-0.05, 0) is 9.24 Å². The minimum atomic E-state index is -0.770. The van der Waals surface area contributed by atoms with Gasteiger partial charge in [0.15, 0.2) is 11.6 Å². The van der Waals surface area contributed by atoms with Crippen LogP contribution >= 0.6 is 9.24 Å². The van der Waals surface area contributed by atoms with E-state index in [1.54, 1.807) is 12.1 Å². The number of nitriles is 3. The number of nitrogens with zero attached hydrogens (tertiary/aromatic N) is 3. The maximum Gasteiger partial charge on any atom is 0.182 e. The van der Waals surface area contributed by atoms with Crippen molar-refractivity contribution in [3.05, 3.63) is 0 Å². The van der Waals surface area contributed by atoms with Crippen molar-refractivity contribution < 1.29 is 0 Å². The van der Waals surface area contributed by atoms with E-state index in [2.05, 4.69) is 0 Å². The smallest absolute Gasteiger partial charge is 0.182 e. The Morgan fingerprint density at radius 2 is 1.44 bits per heavy atom. The van der Waals surface area contributed by atoms with Gasteiger partial charge in [0.1, 0.15) is 6.07 Å². The van der Waals surface area contributed by atoms with Crippen LogP contribution in [0.2, 0.25) is 0 Å². The van der Waals surface area contributed by atoms with E-state index in [0.717, 1.165) is 0 Å². The third-order valence-corrected chi connectivity index (χ3v) is 1.50. The molecule has 0 aromatic carbocycles. The third-order valence-electron chi connectivity index (χ3n) is 0.846. The van der Waals surface area contributed by atoms with Crippen LogP contribution in [0.15, 0.2) is 0 Å². The summed E-state index contributed by atoms with van der Waals surface area (Å²) in [5.74, 6) is -0.770. The van der Waals surface area contributed by atoms with Gasteiger partial charge in [-0.1, -0.05) is 0 Å². The molecule has 0 amide bonds. The summed E-state index contributed by atoms with van der Waals surface area (Å²) in [6, 6.07) is 5.29. The fourth-order valence-electron chi connectivity index (χ4n) is 0.283. The average molecular weight is 138 g/mol. The summed E-state index contributed by atoms with van der Waals surface area (Å²) in [5, 5.41) is 24.6. The summed E-state index contributed by atoms with van der Waals surface area (Å²) in [7, 11) is 1.36. The van der Waals surface area contributed by atoms with E-state index < -0.39 is 11.6 Å². The van der Waals surface area contributed by atoms with Crippen molar-refractivity contribution in [1.82, 2.24) is 0 Å². The maximum absolute atomic E-state index is 8.22. The first-order valence-corrected chi connectivity index (χ1v) is 3.09. The van der Waals surface area contributed by atoms with E-state index in [1.165, 1.54) is 9.24 Å². The summed E-state index contributed by atoms with van der Waals surface area (Å²) in [6.07, 6.45) is 0. The molecular formula is C5H5N3P+. The molecule has 0 aromatic rings. The summed E-state index contributed by atoms with van der Waals surface area (Å²) in [5.41, 5.74) is -0.458. The molecule has 0 aliphatic heterocycles. The van der Waals surface area contributed by atoms with E-state index in [0.29, 0.717) is 0 Å². The van der Waals surface area contributed by atoms with Crippen LogP contribution in [-0.2, 0) is 0 Å². The second-order valence-corrected chi connectivity index (χ2v) is 2.35. The highest BCUT2D eigenvalue weighted by atomic mass is 31.0. The van der Waals surface area contributed by atoms with Crippen LogP contribution < -0.4 is 0 Å². The molecule has 0 bridgehead atoms. The first kappa shape index (κ1) is 7.90. The van der Waals surface area contributed by atoms with Crippen molar-refractivity contribution >= 4 is 9.24 Å². The van der Waals surface area contributed by atoms with Crippen molar-refractivity contribution in [2.75, 3.05) is 0 Å². The van der Waals surface area contributed by atoms with Crippen LogP contribution in [-0.4, -0.2) is 5.66 Å². The molecule has 4 heteroatoms. The van der Waals surface area contributed by atoms with E-state index in [9.17, 15) is 0 Å². The molecule has 0 aromatic heterocycles. The van der Waals surface area contributed by atoms with Crippen LogP contribution in [0.4, 0.5) is 0 Å². The van der Waals surface area contributed by atoms with Crippen LogP contribution in [0.25, 0.3) is 0 Å². The lowest BCUT2D eigenvalue weighted by atomic mass is 10.1. The quantitative estimate of drug-likeness (QED) is 0.484. The number of hydrogen-bond donors (Lipinski definition) is 0.